The number of halogens is 1. The number of thioether (sulfide) groups is 1. The molecule has 2 amide bonds. The summed E-state index contributed by atoms with van der Waals surface area (Å²) in [6.07, 6.45) is 0. The maximum absolute atomic E-state index is 13.3. The van der Waals surface area contributed by atoms with Crippen LogP contribution in [0.5, 0.6) is 5.75 Å². The quantitative estimate of drug-likeness (QED) is 0.805. The van der Waals surface area contributed by atoms with Crippen molar-refractivity contribution in [2.24, 2.45) is 0 Å². The molecule has 0 saturated heterocycles. The fourth-order valence-corrected chi connectivity index (χ4v) is 3.07. The first kappa shape index (κ1) is 19.8. The molecule has 0 aliphatic rings. The molecule has 5 nitrogen and oxygen atoms in total. The molecule has 0 fully saturated rings. The Balaban J connectivity index is 1.86. The highest BCUT2D eigenvalue weighted by Gasteiger charge is 2.09. The van der Waals surface area contributed by atoms with Crippen LogP contribution in [0, 0.1) is 5.82 Å². The van der Waals surface area contributed by atoms with E-state index in [1.807, 2.05) is 0 Å². The van der Waals surface area contributed by atoms with Gasteiger partial charge >= 0.3 is 0 Å². The Kier molecular flexibility index (Phi) is 7.03. The average molecular weight is 376 g/mol. The van der Waals surface area contributed by atoms with Gasteiger partial charge in [-0.05, 0) is 42.5 Å². The predicted octanol–water partition coefficient (Wildman–Crippen LogP) is 3.41. The van der Waals surface area contributed by atoms with Crippen LogP contribution < -0.4 is 10.1 Å². The van der Waals surface area contributed by atoms with E-state index < -0.39 is 0 Å². The first-order valence-electron chi connectivity index (χ1n) is 7.92. The monoisotopic (exact) mass is 376 g/mol. The standard InChI is InChI=1S/C19H21FN2O3S/c1-22(2)19(24)13-4-7-16(8-5-13)21-18(23)12-26-11-14-10-15(20)6-9-17(14)25-3/h4-10H,11-12H2,1-3H3,(H,21,23). The summed E-state index contributed by atoms with van der Waals surface area (Å²) >= 11 is 1.36. The number of nitrogens with zero attached hydrogens (tertiary/aromatic N) is 1. The Bertz CT molecular complexity index is 779. The third-order valence-corrected chi connectivity index (χ3v) is 4.54. The Hall–Kier alpha value is -2.54. The number of ether oxygens (including phenoxy) is 1. The number of hydrogen-bond acceptors (Lipinski definition) is 4. The molecule has 0 aromatic heterocycles. The largest absolute Gasteiger partial charge is 0.496 e. The normalized spacial score (nSPS) is 10.3. The Morgan fingerprint density at radius 1 is 1.15 bits per heavy atom. The summed E-state index contributed by atoms with van der Waals surface area (Å²) in [7, 11) is 4.89. The summed E-state index contributed by atoms with van der Waals surface area (Å²) in [6, 6.07) is 11.0. The maximum atomic E-state index is 13.3. The van der Waals surface area contributed by atoms with Crippen molar-refractivity contribution in [3.8, 4) is 5.75 Å². The first-order chi connectivity index (χ1) is 12.4. The second-order valence-corrected chi connectivity index (χ2v) is 6.76. The van der Waals surface area contributed by atoms with Gasteiger partial charge in [0.05, 0.1) is 12.9 Å². The van der Waals surface area contributed by atoms with Gasteiger partial charge in [-0.3, -0.25) is 9.59 Å². The molecule has 1 N–H and O–H groups in total. The number of amides is 2. The molecule has 0 unspecified atom stereocenters. The molecule has 0 atom stereocenters. The number of benzene rings is 2. The van der Waals surface area contributed by atoms with E-state index in [4.69, 9.17) is 4.74 Å². The summed E-state index contributed by atoms with van der Waals surface area (Å²) in [6.45, 7) is 0. The minimum atomic E-state index is -0.335. The van der Waals surface area contributed by atoms with Crippen LogP contribution in [0.1, 0.15) is 15.9 Å². The zero-order chi connectivity index (χ0) is 19.1. The lowest BCUT2D eigenvalue weighted by atomic mass is 10.2. The first-order valence-corrected chi connectivity index (χ1v) is 9.08. The number of nitrogens with one attached hydrogen (secondary N) is 1. The third-order valence-electron chi connectivity index (χ3n) is 3.55. The van der Waals surface area contributed by atoms with Gasteiger partial charge in [-0.1, -0.05) is 0 Å². The van der Waals surface area contributed by atoms with Crippen molar-refractivity contribution in [2.45, 2.75) is 5.75 Å². The number of hydrogen-bond donors (Lipinski definition) is 1. The number of anilines is 1. The van der Waals surface area contributed by atoms with Gasteiger partial charge in [0.25, 0.3) is 5.91 Å². The summed E-state index contributed by atoms with van der Waals surface area (Å²) in [5.41, 5.74) is 1.88. The highest BCUT2D eigenvalue weighted by molar-refractivity contribution is 7.99. The van der Waals surface area contributed by atoms with Crippen LogP contribution in [-0.4, -0.2) is 43.7 Å². The van der Waals surface area contributed by atoms with E-state index in [2.05, 4.69) is 5.32 Å². The van der Waals surface area contributed by atoms with Gasteiger partial charge in [-0.25, -0.2) is 4.39 Å². The van der Waals surface area contributed by atoms with Crippen LogP contribution in [0.2, 0.25) is 0 Å². The summed E-state index contributed by atoms with van der Waals surface area (Å²) in [5.74, 6) is 0.682. The Morgan fingerprint density at radius 3 is 2.46 bits per heavy atom. The second kappa shape index (κ2) is 9.24. The highest BCUT2D eigenvalue weighted by Crippen LogP contribution is 2.24. The van der Waals surface area contributed by atoms with Gasteiger partial charge in [-0.2, -0.15) is 0 Å². The van der Waals surface area contributed by atoms with Crippen LogP contribution >= 0.6 is 11.8 Å². The van der Waals surface area contributed by atoms with Gasteiger partial charge < -0.3 is 15.0 Å². The fraction of sp³-hybridized carbons (Fsp3) is 0.263. The van der Waals surface area contributed by atoms with Gasteiger partial charge in [0.2, 0.25) is 5.91 Å². The van der Waals surface area contributed by atoms with Crippen molar-refractivity contribution in [1.82, 2.24) is 4.90 Å². The smallest absolute Gasteiger partial charge is 0.253 e. The molecule has 0 aliphatic heterocycles. The third kappa shape index (κ3) is 5.49. The zero-order valence-electron chi connectivity index (χ0n) is 14.9. The number of methoxy groups -OCH3 is 1. The lowest BCUT2D eigenvalue weighted by Gasteiger charge is -2.11. The molecule has 0 spiro atoms. The molecular weight excluding hydrogens is 355 g/mol. The molecule has 7 heteroatoms. The number of carbonyl (C=O) groups is 2. The SMILES string of the molecule is COc1ccc(F)cc1CSCC(=O)Nc1ccc(C(=O)N(C)C)cc1. The molecule has 0 bridgehead atoms. The van der Waals surface area contributed by atoms with Crippen LogP contribution in [0.4, 0.5) is 10.1 Å². The van der Waals surface area contributed by atoms with E-state index in [0.717, 1.165) is 0 Å². The van der Waals surface area contributed by atoms with Crippen LogP contribution in [0.3, 0.4) is 0 Å². The Morgan fingerprint density at radius 2 is 1.85 bits per heavy atom. The molecule has 0 heterocycles. The lowest BCUT2D eigenvalue weighted by molar-refractivity contribution is -0.113. The van der Waals surface area contributed by atoms with Crippen molar-refractivity contribution < 1.29 is 18.7 Å². The number of carbonyl (C=O) groups excluding carboxylic acids is 2. The van der Waals surface area contributed by atoms with Crippen LogP contribution in [-0.2, 0) is 10.5 Å². The molecule has 2 aromatic rings. The van der Waals surface area contributed by atoms with E-state index >= 15 is 0 Å². The average Bonchev–Trinajstić information content (AvgIpc) is 2.62. The fourth-order valence-electron chi connectivity index (χ4n) is 2.27. The van der Waals surface area contributed by atoms with Gasteiger partial charge in [0, 0.05) is 36.7 Å². The van der Waals surface area contributed by atoms with Gasteiger partial charge in [0.1, 0.15) is 11.6 Å². The second-order valence-electron chi connectivity index (χ2n) is 5.77. The summed E-state index contributed by atoms with van der Waals surface area (Å²) < 4.78 is 18.5. The van der Waals surface area contributed by atoms with Crippen molar-refractivity contribution in [2.75, 3.05) is 32.3 Å². The van der Waals surface area contributed by atoms with E-state index in [-0.39, 0.29) is 23.4 Å². The topological polar surface area (TPSA) is 58.6 Å². The van der Waals surface area contributed by atoms with Gasteiger partial charge in [0.15, 0.2) is 0 Å². The minimum Gasteiger partial charge on any atom is -0.496 e. The maximum Gasteiger partial charge on any atom is 0.253 e. The molecule has 138 valence electrons. The van der Waals surface area contributed by atoms with E-state index in [1.54, 1.807) is 44.4 Å². The van der Waals surface area contributed by atoms with E-state index in [9.17, 15) is 14.0 Å². The Labute approximate surface area is 156 Å². The lowest BCUT2D eigenvalue weighted by Crippen LogP contribution is -2.21. The molecule has 26 heavy (non-hydrogen) atoms. The molecular formula is C19H21FN2O3S. The molecule has 2 rings (SSSR count). The highest BCUT2D eigenvalue weighted by atomic mass is 32.2. The van der Waals surface area contributed by atoms with Crippen molar-refractivity contribution in [3.05, 3.63) is 59.4 Å². The van der Waals surface area contributed by atoms with Crippen molar-refractivity contribution >= 4 is 29.3 Å². The van der Waals surface area contributed by atoms with Crippen LogP contribution in [0.25, 0.3) is 0 Å². The predicted molar refractivity (Wildman–Crippen MR) is 102 cm³/mol. The van der Waals surface area contributed by atoms with Crippen LogP contribution in [0.15, 0.2) is 42.5 Å². The van der Waals surface area contributed by atoms with Gasteiger partial charge in [-0.15, -0.1) is 11.8 Å². The van der Waals surface area contributed by atoms with Crippen molar-refractivity contribution in [3.63, 3.8) is 0 Å². The summed E-state index contributed by atoms with van der Waals surface area (Å²) in [5, 5.41) is 2.77. The molecule has 0 radical (unpaired) electrons. The molecule has 0 aliphatic carbocycles. The number of rotatable bonds is 7. The van der Waals surface area contributed by atoms with E-state index in [1.165, 1.54) is 35.9 Å². The van der Waals surface area contributed by atoms with E-state index in [0.29, 0.717) is 28.3 Å². The molecule has 0 saturated carbocycles. The minimum absolute atomic E-state index is 0.0949. The molecule has 2 aromatic carbocycles. The zero-order valence-corrected chi connectivity index (χ0v) is 15.7. The van der Waals surface area contributed by atoms with Crippen molar-refractivity contribution in [1.29, 1.82) is 0 Å². The summed E-state index contributed by atoms with van der Waals surface area (Å²) in [4.78, 5) is 25.4.